The molecule has 1 N–H and O–H groups in total. The Morgan fingerprint density at radius 1 is 1.06 bits per heavy atom. The zero-order valence-corrected chi connectivity index (χ0v) is 13.5. The van der Waals surface area contributed by atoms with Gasteiger partial charge in [0.1, 0.15) is 0 Å². The van der Waals surface area contributed by atoms with Crippen molar-refractivity contribution in [3.8, 4) is 0 Å². The quantitative estimate of drug-likeness (QED) is 0.789. The van der Waals surface area contributed by atoms with E-state index in [0.717, 1.165) is 5.69 Å². The Bertz CT molecular complexity index is 429. The van der Waals surface area contributed by atoms with Gasteiger partial charge in [-0.1, -0.05) is 17.7 Å². The van der Waals surface area contributed by atoms with Crippen molar-refractivity contribution in [3.63, 3.8) is 0 Å². The van der Waals surface area contributed by atoms with Gasteiger partial charge in [-0.2, -0.15) is 0 Å². The number of hydrogen-bond donors (Lipinski definition) is 1. The lowest BCUT2D eigenvalue weighted by molar-refractivity contribution is 0.271. The molecule has 0 heterocycles. The van der Waals surface area contributed by atoms with E-state index in [9.17, 15) is 0 Å². The third-order valence-corrected chi connectivity index (χ3v) is 5.12. The Balaban J connectivity index is 3.04. The van der Waals surface area contributed by atoms with E-state index < -0.39 is 6.64 Å². The zero-order valence-electron chi connectivity index (χ0n) is 11.7. The van der Waals surface area contributed by atoms with Crippen LogP contribution in [0.3, 0.4) is 0 Å². The highest BCUT2D eigenvalue weighted by Crippen LogP contribution is 2.49. The molecule has 0 saturated carbocycles. The first-order valence-corrected chi connectivity index (χ1v) is 8.81. The average molecular weight is 287 g/mol. The molecular weight excluding hydrogens is 265 g/mol. The summed E-state index contributed by atoms with van der Waals surface area (Å²) in [6.07, 6.45) is 0. The van der Waals surface area contributed by atoms with Crippen LogP contribution in [-0.4, -0.2) is 13.2 Å². The molecule has 0 aliphatic heterocycles. The van der Waals surface area contributed by atoms with Gasteiger partial charge >= 0.3 is 0 Å². The molecule has 0 spiro atoms. The van der Waals surface area contributed by atoms with Gasteiger partial charge in [-0.05, 0) is 57.6 Å². The van der Waals surface area contributed by atoms with Crippen molar-refractivity contribution in [2.24, 2.45) is 0 Å². The molecule has 0 fully saturated rings. The van der Waals surface area contributed by atoms with Crippen LogP contribution in [0.1, 0.15) is 30.5 Å². The summed E-state index contributed by atoms with van der Waals surface area (Å²) in [4.78, 5) is 0. The van der Waals surface area contributed by atoms with E-state index in [1.807, 2.05) is 13.8 Å². The number of rotatable bonds is 6. The van der Waals surface area contributed by atoms with Gasteiger partial charge in [-0.3, -0.25) is 0 Å². The van der Waals surface area contributed by atoms with Crippen molar-refractivity contribution in [2.75, 3.05) is 18.3 Å². The Kier molecular flexibility index (Phi) is 5.80. The van der Waals surface area contributed by atoms with Crippen molar-refractivity contribution in [1.29, 1.82) is 0 Å². The first kappa shape index (κ1) is 15.6. The number of aryl methyl sites for hydroxylation is 3. The number of anilines is 1. The average Bonchev–Trinajstić information content (AvgIpc) is 2.24. The van der Waals surface area contributed by atoms with Gasteiger partial charge in [-0.25, -0.2) is 0 Å². The Hall–Kier alpha value is -0.410. The van der Waals surface area contributed by atoms with Crippen LogP contribution in [0.4, 0.5) is 5.69 Å². The maximum Gasteiger partial charge on any atom is 0.287 e. The van der Waals surface area contributed by atoms with Gasteiger partial charge < -0.3 is 14.1 Å². The lowest BCUT2D eigenvalue weighted by Crippen LogP contribution is -2.07. The van der Waals surface area contributed by atoms with Crippen LogP contribution in [-0.2, 0) is 20.9 Å². The second kappa shape index (κ2) is 6.67. The molecule has 0 aromatic heterocycles. The molecular formula is C13H22NO2PS. The molecule has 0 aliphatic carbocycles. The van der Waals surface area contributed by atoms with Crippen LogP contribution >= 0.6 is 6.64 Å². The van der Waals surface area contributed by atoms with Gasteiger partial charge in [0.2, 0.25) is 0 Å². The van der Waals surface area contributed by atoms with Gasteiger partial charge in [-0.15, -0.1) is 0 Å². The zero-order chi connectivity index (χ0) is 13.8. The summed E-state index contributed by atoms with van der Waals surface area (Å²) in [6.45, 7) is 8.75. The summed E-state index contributed by atoms with van der Waals surface area (Å²) in [7, 11) is 0. The van der Waals surface area contributed by atoms with Crippen LogP contribution in [0, 0.1) is 20.8 Å². The smallest absolute Gasteiger partial charge is 0.287 e. The molecule has 1 aromatic carbocycles. The first-order chi connectivity index (χ1) is 8.41. The monoisotopic (exact) mass is 287 g/mol. The summed E-state index contributed by atoms with van der Waals surface area (Å²) in [5.41, 5.74) is 4.62. The van der Waals surface area contributed by atoms with Crippen LogP contribution in [0.25, 0.3) is 0 Å². The fourth-order valence-electron chi connectivity index (χ4n) is 1.94. The molecule has 0 aliphatic rings. The number of hydrogen-bond acceptors (Lipinski definition) is 3. The summed E-state index contributed by atoms with van der Waals surface area (Å²) >= 11 is 5.49. The minimum Gasteiger partial charge on any atom is -0.315 e. The molecule has 102 valence electrons. The predicted octanol–water partition coefficient (Wildman–Crippen LogP) is 4.32. The molecule has 0 bridgehead atoms. The lowest BCUT2D eigenvalue weighted by atomic mass is 10.1. The van der Waals surface area contributed by atoms with Gasteiger partial charge in [0.15, 0.2) is 0 Å². The van der Waals surface area contributed by atoms with Gasteiger partial charge in [0, 0.05) is 5.69 Å². The van der Waals surface area contributed by atoms with Crippen LogP contribution in [0.15, 0.2) is 12.1 Å². The van der Waals surface area contributed by atoms with E-state index in [-0.39, 0.29) is 0 Å². The first-order valence-electron chi connectivity index (χ1n) is 6.17. The second-order valence-corrected chi connectivity index (χ2v) is 7.40. The highest BCUT2D eigenvalue weighted by Gasteiger charge is 2.19. The Labute approximate surface area is 115 Å². The molecule has 0 saturated heterocycles. The Morgan fingerprint density at radius 2 is 1.50 bits per heavy atom. The van der Waals surface area contributed by atoms with E-state index >= 15 is 0 Å². The molecule has 0 atom stereocenters. The largest absolute Gasteiger partial charge is 0.315 e. The molecule has 1 aromatic rings. The molecule has 0 amide bonds. The molecule has 0 unspecified atom stereocenters. The fourth-order valence-corrected chi connectivity index (χ4v) is 4.35. The van der Waals surface area contributed by atoms with Gasteiger partial charge in [0.25, 0.3) is 6.64 Å². The van der Waals surface area contributed by atoms with Gasteiger partial charge in [0.05, 0.1) is 13.2 Å². The number of nitrogens with one attached hydrogen (secondary N) is 1. The molecule has 18 heavy (non-hydrogen) atoms. The van der Waals surface area contributed by atoms with Crippen LogP contribution < -0.4 is 5.09 Å². The maximum atomic E-state index is 5.61. The third-order valence-electron chi connectivity index (χ3n) is 2.52. The van der Waals surface area contributed by atoms with Crippen LogP contribution in [0.5, 0.6) is 0 Å². The summed E-state index contributed by atoms with van der Waals surface area (Å²) in [5, 5.41) is 3.30. The second-order valence-electron chi connectivity index (χ2n) is 4.22. The number of benzene rings is 1. The van der Waals surface area contributed by atoms with Crippen molar-refractivity contribution in [2.45, 2.75) is 34.6 Å². The summed E-state index contributed by atoms with van der Waals surface area (Å²) in [5.74, 6) is 0. The SMILES string of the molecule is CCOP(=S)(Nc1c(C)cc(C)cc1C)OCC. The van der Waals surface area contributed by atoms with E-state index in [1.165, 1.54) is 16.7 Å². The topological polar surface area (TPSA) is 30.5 Å². The Morgan fingerprint density at radius 3 is 1.89 bits per heavy atom. The van der Waals surface area contributed by atoms with E-state index in [1.54, 1.807) is 0 Å². The van der Waals surface area contributed by atoms with E-state index in [0.29, 0.717) is 13.2 Å². The minimum absolute atomic E-state index is 0.550. The highest BCUT2D eigenvalue weighted by molar-refractivity contribution is 8.10. The molecule has 5 heteroatoms. The third kappa shape index (κ3) is 4.06. The molecule has 0 radical (unpaired) electrons. The molecule has 3 nitrogen and oxygen atoms in total. The van der Waals surface area contributed by atoms with Crippen molar-refractivity contribution >= 4 is 24.1 Å². The summed E-state index contributed by atoms with van der Waals surface area (Å²) < 4.78 is 11.2. The standard InChI is InChI=1S/C13H22NO2PS/c1-6-15-17(18,16-7-2)14-13-11(4)8-10(3)9-12(13)5/h8-9H,6-7H2,1-5H3,(H,14,18). The maximum absolute atomic E-state index is 5.61. The van der Waals surface area contributed by atoms with Crippen LogP contribution in [0.2, 0.25) is 0 Å². The van der Waals surface area contributed by atoms with E-state index in [2.05, 4.69) is 38.0 Å². The van der Waals surface area contributed by atoms with Crippen molar-refractivity contribution in [1.82, 2.24) is 0 Å². The molecule has 1 rings (SSSR count). The van der Waals surface area contributed by atoms with Crippen molar-refractivity contribution < 1.29 is 9.05 Å². The minimum atomic E-state index is -2.43. The summed E-state index contributed by atoms with van der Waals surface area (Å²) in [6, 6.07) is 4.26. The fraction of sp³-hybridized carbons (Fsp3) is 0.538. The van der Waals surface area contributed by atoms with E-state index in [4.69, 9.17) is 20.9 Å². The predicted molar refractivity (Wildman–Crippen MR) is 81.8 cm³/mol. The highest BCUT2D eigenvalue weighted by atomic mass is 32.5. The normalized spacial score (nSPS) is 11.6. The van der Waals surface area contributed by atoms with Crippen molar-refractivity contribution in [3.05, 3.63) is 28.8 Å². The lowest BCUT2D eigenvalue weighted by Gasteiger charge is -2.25.